The zero-order chi connectivity index (χ0) is 19.5. The fraction of sp³-hybridized carbons (Fsp3) is 0.188. The molecular formula is C16H16ClN3O5S. The molecule has 1 atom stereocenters. The number of halogens is 1. The fourth-order valence-electron chi connectivity index (χ4n) is 2.33. The van der Waals surface area contributed by atoms with Crippen molar-refractivity contribution in [2.45, 2.75) is 13.0 Å². The van der Waals surface area contributed by atoms with Crippen LogP contribution in [-0.2, 0) is 14.8 Å². The van der Waals surface area contributed by atoms with Crippen molar-refractivity contribution >= 4 is 44.6 Å². The van der Waals surface area contributed by atoms with Crippen LogP contribution < -0.4 is 9.62 Å². The molecule has 26 heavy (non-hydrogen) atoms. The summed E-state index contributed by atoms with van der Waals surface area (Å²) in [5.41, 5.74) is 0.195. The van der Waals surface area contributed by atoms with Crippen molar-refractivity contribution in [3.05, 3.63) is 63.7 Å². The Morgan fingerprint density at radius 3 is 2.38 bits per heavy atom. The second-order valence-electron chi connectivity index (χ2n) is 5.51. The van der Waals surface area contributed by atoms with E-state index in [0.717, 1.165) is 16.6 Å². The minimum absolute atomic E-state index is 0.0282. The summed E-state index contributed by atoms with van der Waals surface area (Å²) < 4.78 is 25.3. The summed E-state index contributed by atoms with van der Waals surface area (Å²) in [5, 5.41) is 14.0. The smallest absolute Gasteiger partial charge is 0.271 e. The van der Waals surface area contributed by atoms with Crippen LogP contribution in [0.3, 0.4) is 0 Å². The second kappa shape index (κ2) is 7.71. The molecule has 0 bridgehead atoms. The van der Waals surface area contributed by atoms with Crippen LogP contribution in [0.2, 0.25) is 5.02 Å². The van der Waals surface area contributed by atoms with E-state index in [0.29, 0.717) is 10.7 Å². The fourth-order valence-corrected chi connectivity index (χ4v) is 3.63. The molecule has 8 nitrogen and oxygen atoms in total. The third-order valence-electron chi connectivity index (χ3n) is 3.50. The molecule has 0 radical (unpaired) electrons. The largest absolute Gasteiger partial charge is 0.324 e. The van der Waals surface area contributed by atoms with Gasteiger partial charge in [0.15, 0.2) is 0 Å². The number of nitrogens with one attached hydrogen (secondary N) is 1. The lowest BCUT2D eigenvalue weighted by Crippen LogP contribution is -2.45. The highest BCUT2D eigenvalue weighted by molar-refractivity contribution is 7.92. The zero-order valence-corrected chi connectivity index (χ0v) is 15.5. The van der Waals surface area contributed by atoms with E-state index in [9.17, 15) is 23.3 Å². The second-order valence-corrected chi connectivity index (χ2v) is 7.80. The van der Waals surface area contributed by atoms with Crippen molar-refractivity contribution < 1.29 is 18.1 Å². The van der Waals surface area contributed by atoms with Gasteiger partial charge in [-0.1, -0.05) is 17.7 Å². The van der Waals surface area contributed by atoms with Crippen molar-refractivity contribution in [1.82, 2.24) is 0 Å². The lowest BCUT2D eigenvalue weighted by molar-refractivity contribution is -0.384. The maximum Gasteiger partial charge on any atom is 0.271 e. The molecule has 1 N–H and O–H groups in total. The molecule has 0 fully saturated rings. The quantitative estimate of drug-likeness (QED) is 0.595. The van der Waals surface area contributed by atoms with Gasteiger partial charge in [0, 0.05) is 22.8 Å². The van der Waals surface area contributed by atoms with Crippen LogP contribution in [0, 0.1) is 10.1 Å². The monoisotopic (exact) mass is 397 g/mol. The lowest BCUT2D eigenvalue weighted by atomic mass is 10.2. The highest BCUT2D eigenvalue weighted by atomic mass is 35.5. The van der Waals surface area contributed by atoms with Gasteiger partial charge in [-0.2, -0.15) is 0 Å². The highest BCUT2D eigenvalue weighted by Gasteiger charge is 2.30. The highest BCUT2D eigenvalue weighted by Crippen LogP contribution is 2.26. The number of hydrogen-bond donors (Lipinski definition) is 1. The summed E-state index contributed by atoms with van der Waals surface area (Å²) in [7, 11) is -3.87. The molecule has 2 aromatic carbocycles. The molecule has 0 heterocycles. The number of benzene rings is 2. The molecular weight excluding hydrogens is 382 g/mol. The van der Waals surface area contributed by atoms with E-state index < -0.39 is 26.9 Å². The first-order valence-electron chi connectivity index (χ1n) is 7.40. The van der Waals surface area contributed by atoms with E-state index in [4.69, 9.17) is 11.6 Å². The molecule has 10 heteroatoms. The van der Waals surface area contributed by atoms with Crippen LogP contribution in [0.4, 0.5) is 17.1 Å². The van der Waals surface area contributed by atoms with Crippen LogP contribution >= 0.6 is 11.6 Å². The predicted octanol–water partition coefficient (Wildman–Crippen LogP) is 3.04. The van der Waals surface area contributed by atoms with Gasteiger partial charge in [0.05, 0.1) is 16.9 Å². The minimum atomic E-state index is -3.87. The van der Waals surface area contributed by atoms with Crippen molar-refractivity contribution in [1.29, 1.82) is 0 Å². The van der Waals surface area contributed by atoms with E-state index in [1.165, 1.54) is 25.1 Å². The topological polar surface area (TPSA) is 110 Å². The summed E-state index contributed by atoms with van der Waals surface area (Å²) in [6.45, 7) is 1.39. The van der Waals surface area contributed by atoms with Crippen molar-refractivity contribution in [3.8, 4) is 0 Å². The van der Waals surface area contributed by atoms with Gasteiger partial charge in [-0.15, -0.1) is 0 Å². The van der Waals surface area contributed by atoms with E-state index in [-0.39, 0.29) is 11.4 Å². The van der Waals surface area contributed by atoms with E-state index >= 15 is 0 Å². The number of anilines is 2. The number of carbonyl (C=O) groups excluding carboxylic acids is 1. The van der Waals surface area contributed by atoms with Gasteiger partial charge in [0.25, 0.3) is 5.69 Å². The molecule has 0 spiro atoms. The molecule has 0 aliphatic rings. The number of carbonyl (C=O) groups is 1. The van der Waals surface area contributed by atoms with Gasteiger partial charge in [-0.25, -0.2) is 8.42 Å². The van der Waals surface area contributed by atoms with Gasteiger partial charge in [0.2, 0.25) is 15.9 Å². The molecule has 2 rings (SSSR count). The number of nitro benzene ring substituents is 1. The number of nitrogens with zero attached hydrogens (tertiary/aromatic N) is 2. The van der Waals surface area contributed by atoms with Gasteiger partial charge >= 0.3 is 0 Å². The lowest BCUT2D eigenvalue weighted by Gasteiger charge is -2.28. The summed E-state index contributed by atoms with van der Waals surface area (Å²) in [6, 6.07) is 10.3. The predicted molar refractivity (Wildman–Crippen MR) is 100.0 cm³/mol. The number of rotatable bonds is 6. The first-order chi connectivity index (χ1) is 12.1. The molecule has 0 saturated heterocycles. The normalized spacial score (nSPS) is 12.3. The molecule has 0 saturated carbocycles. The Balaban J connectivity index is 2.34. The summed E-state index contributed by atoms with van der Waals surface area (Å²) in [4.78, 5) is 22.8. The first-order valence-corrected chi connectivity index (χ1v) is 9.62. The average molecular weight is 398 g/mol. The molecule has 0 aliphatic heterocycles. The summed E-state index contributed by atoms with van der Waals surface area (Å²) in [5.74, 6) is -0.593. The average Bonchev–Trinajstić information content (AvgIpc) is 2.56. The SMILES string of the molecule is CC(C(=O)Nc1ccc(Cl)cc1)N(c1cccc([N+](=O)[O-])c1)S(C)(=O)=O. The van der Waals surface area contributed by atoms with Gasteiger partial charge in [0.1, 0.15) is 6.04 Å². The van der Waals surface area contributed by atoms with E-state index in [1.54, 1.807) is 24.3 Å². The molecule has 0 aliphatic carbocycles. The van der Waals surface area contributed by atoms with Crippen LogP contribution in [0.25, 0.3) is 0 Å². The van der Waals surface area contributed by atoms with E-state index in [1.807, 2.05) is 0 Å². The first kappa shape index (κ1) is 19.7. The van der Waals surface area contributed by atoms with Crippen molar-refractivity contribution in [3.63, 3.8) is 0 Å². The Bertz CT molecular complexity index is 931. The van der Waals surface area contributed by atoms with Crippen LogP contribution in [0.1, 0.15) is 6.92 Å². The number of non-ortho nitro benzene ring substituents is 1. The van der Waals surface area contributed by atoms with Gasteiger partial charge in [-0.05, 0) is 37.3 Å². The Hall–Kier alpha value is -2.65. The Labute approximate surface area is 155 Å². The van der Waals surface area contributed by atoms with Crippen LogP contribution in [0.5, 0.6) is 0 Å². The third kappa shape index (κ3) is 4.70. The van der Waals surface area contributed by atoms with Crippen molar-refractivity contribution in [2.75, 3.05) is 15.9 Å². The van der Waals surface area contributed by atoms with Crippen LogP contribution in [0.15, 0.2) is 48.5 Å². The van der Waals surface area contributed by atoms with Crippen LogP contribution in [-0.4, -0.2) is 31.5 Å². The molecule has 138 valence electrons. The molecule has 1 amide bonds. The standard InChI is InChI=1S/C16H16ClN3O5S/c1-11(16(21)18-13-8-6-12(17)7-9-13)19(26(2,24)25)14-4-3-5-15(10-14)20(22)23/h3-11H,1-2H3,(H,18,21). The Kier molecular flexibility index (Phi) is 5.83. The number of nitro groups is 1. The zero-order valence-electron chi connectivity index (χ0n) is 13.9. The maximum atomic E-state index is 12.5. The maximum absolute atomic E-state index is 12.5. The van der Waals surface area contributed by atoms with Gasteiger partial charge in [-0.3, -0.25) is 19.2 Å². The third-order valence-corrected chi connectivity index (χ3v) is 4.99. The summed E-state index contributed by atoms with van der Waals surface area (Å²) in [6.07, 6.45) is 0.928. The van der Waals surface area contributed by atoms with E-state index in [2.05, 4.69) is 5.32 Å². The minimum Gasteiger partial charge on any atom is -0.324 e. The number of hydrogen-bond acceptors (Lipinski definition) is 5. The summed E-state index contributed by atoms with van der Waals surface area (Å²) >= 11 is 5.79. The Morgan fingerprint density at radius 1 is 1.23 bits per heavy atom. The van der Waals surface area contributed by atoms with Gasteiger partial charge < -0.3 is 5.32 Å². The molecule has 0 aromatic heterocycles. The Morgan fingerprint density at radius 2 is 1.85 bits per heavy atom. The van der Waals surface area contributed by atoms with Crippen molar-refractivity contribution in [2.24, 2.45) is 0 Å². The molecule has 2 aromatic rings. The number of sulfonamides is 1. The number of amides is 1. The molecule has 1 unspecified atom stereocenters.